The molecule has 6 heteroatoms. The molecule has 1 aliphatic rings. The third kappa shape index (κ3) is 2.50. The third-order valence-corrected chi connectivity index (χ3v) is 5.62. The molecule has 2 rings (SSSR count). The van der Waals surface area contributed by atoms with E-state index in [1.165, 1.54) is 16.4 Å². The summed E-state index contributed by atoms with van der Waals surface area (Å²) in [5.41, 5.74) is 1.28. The SMILES string of the molecule is Cc1cc(C(=O)O)cc(S(=O)(=O)N(C)C2CC2)c1C. The van der Waals surface area contributed by atoms with Crippen LogP contribution < -0.4 is 0 Å². The number of hydrogen-bond acceptors (Lipinski definition) is 3. The van der Waals surface area contributed by atoms with Crippen molar-refractivity contribution >= 4 is 16.0 Å². The van der Waals surface area contributed by atoms with Gasteiger partial charge in [-0.2, -0.15) is 4.31 Å². The molecule has 0 saturated heterocycles. The molecule has 0 unspecified atom stereocenters. The van der Waals surface area contributed by atoms with Crippen molar-refractivity contribution in [2.45, 2.75) is 37.6 Å². The van der Waals surface area contributed by atoms with Crippen LogP contribution in [0.15, 0.2) is 17.0 Å². The highest BCUT2D eigenvalue weighted by Gasteiger charge is 2.36. The summed E-state index contributed by atoms with van der Waals surface area (Å²) in [5, 5.41) is 9.04. The van der Waals surface area contributed by atoms with Gasteiger partial charge < -0.3 is 5.11 Å². The van der Waals surface area contributed by atoms with Crippen LogP contribution in [0.3, 0.4) is 0 Å². The van der Waals surface area contributed by atoms with Crippen molar-refractivity contribution in [3.05, 3.63) is 28.8 Å². The first-order chi connectivity index (χ1) is 8.75. The van der Waals surface area contributed by atoms with Crippen LogP contribution in [0, 0.1) is 13.8 Å². The van der Waals surface area contributed by atoms with Gasteiger partial charge in [0.25, 0.3) is 0 Å². The van der Waals surface area contributed by atoms with Gasteiger partial charge in [0.2, 0.25) is 10.0 Å². The van der Waals surface area contributed by atoms with Crippen LogP contribution >= 0.6 is 0 Å². The number of carboxylic acids is 1. The average Bonchev–Trinajstić information content (AvgIpc) is 3.14. The molecule has 1 aromatic carbocycles. The first-order valence-corrected chi connectivity index (χ1v) is 7.51. The maximum absolute atomic E-state index is 12.5. The van der Waals surface area contributed by atoms with Gasteiger partial charge in [-0.05, 0) is 49.9 Å². The van der Waals surface area contributed by atoms with Gasteiger partial charge in [0.1, 0.15) is 0 Å². The zero-order valence-corrected chi connectivity index (χ0v) is 12.0. The maximum atomic E-state index is 12.5. The molecule has 0 atom stereocenters. The number of sulfonamides is 1. The van der Waals surface area contributed by atoms with Crippen molar-refractivity contribution in [2.24, 2.45) is 0 Å². The molecule has 1 aromatic rings. The summed E-state index contributed by atoms with van der Waals surface area (Å²) in [6, 6.07) is 2.80. The van der Waals surface area contributed by atoms with Gasteiger partial charge in [-0.15, -0.1) is 0 Å². The van der Waals surface area contributed by atoms with Gasteiger partial charge in [-0.25, -0.2) is 13.2 Å². The fourth-order valence-electron chi connectivity index (χ4n) is 2.01. The minimum atomic E-state index is -3.61. The van der Waals surface area contributed by atoms with E-state index in [0.717, 1.165) is 12.8 Å². The summed E-state index contributed by atoms with van der Waals surface area (Å²) in [4.78, 5) is 11.1. The number of nitrogens with zero attached hydrogens (tertiary/aromatic N) is 1. The molecule has 5 nitrogen and oxygen atoms in total. The normalized spacial score (nSPS) is 15.8. The summed E-state index contributed by atoms with van der Waals surface area (Å²) >= 11 is 0. The quantitative estimate of drug-likeness (QED) is 0.914. The molecule has 0 aromatic heterocycles. The van der Waals surface area contributed by atoms with Crippen LogP contribution in [0.4, 0.5) is 0 Å². The van der Waals surface area contributed by atoms with Crippen LogP contribution in [-0.2, 0) is 10.0 Å². The average molecular weight is 283 g/mol. The molecule has 1 N–H and O–H groups in total. The van der Waals surface area contributed by atoms with E-state index >= 15 is 0 Å². The molecule has 1 saturated carbocycles. The number of carbonyl (C=O) groups is 1. The monoisotopic (exact) mass is 283 g/mol. The Morgan fingerprint density at radius 3 is 2.37 bits per heavy atom. The molecule has 1 fully saturated rings. The van der Waals surface area contributed by atoms with Crippen LogP contribution in [0.25, 0.3) is 0 Å². The van der Waals surface area contributed by atoms with Crippen molar-refractivity contribution in [3.8, 4) is 0 Å². The highest BCUT2D eigenvalue weighted by Crippen LogP contribution is 2.32. The second kappa shape index (κ2) is 4.61. The Morgan fingerprint density at radius 1 is 1.32 bits per heavy atom. The fourth-order valence-corrected chi connectivity index (χ4v) is 3.75. The number of hydrogen-bond donors (Lipinski definition) is 1. The first-order valence-electron chi connectivity index (χ1n) is 6.07. The molecule has 104 valence electrons. The molecular weight excluding hydrogens is 266 g/mol. The second-order valence-corrected chi connectivity index (χ2v) is 6.94. The Hall–Kier alpha value is -1.40. The second-order valence-electron chi connectivity index (χ2n) is 4.97. The van der Waals surface area contributed by atoms with Crippen LogP contribution in [0.2, 0.25) is 0 Å². The number of aryl methyl sites for hydroxylation is 1. The molecule has 0 aliphatic heterocycles. The van der Waals surface area contributed by atoms with Gasteiger partial charge in [0.15, 0.2) is 0 Å². The summed E-state index contributed by atoms with van der Waals surface area (Å²) in [7, 11) is -2.06. The molecule has 0 radical (unpaired) electrons. The number of aromatic carboxylic acids is 1. The van der Waals surface area contributed by atoms with Crippen molar-refractivity contribution < 1.29 is 18.3 Å². The summed E-state index contributed by atoms with van der Waals surface area (Å²) in [5.74, 6) is -1.12. The van der Waals surface area contributed by atoms with Crippen LogP contribution in [0.1, 0.15) is 34.3 Å². The third-order valence-electron chi connectivity index (χ3n) is 3.58. The molecular formula is C13H17NO4S. The van der Waals surface area contributed by atoms with Gasteiger partial charge >= 0.3 is 5.97 Å². The van der Waals surface area contributed by atoms with Crippen molar-refractivity contribution in [1.82, 2.24) is 4.31 Å². The van der Waals surface area contributed by atoms with Crippen LogP contribution in [-0.4, -0.2) is 36.9 Å². The number of carboxylic acid groups (broad SMARTS) is 1. The molecule has 0 spiro atoms. The lowest BCUT2D eigenvalue weighted by atomic mass is 10.1. The lowest BCUT2D eigenvalue weighted by Gasteiger charge is -2.19. The van der Waals surface area contributed by atoms with E-state index in [1.54, 1.807) is 20.9 Å². The maximum Gasteiger partial charge on any atom is 0.335 e. The summed E-state index contributed by atoms with van der Waals surface area (Å²) < 4.78 is 26.3. The zero-order chi connectivity index (χ0) is 14.4. The molecule has 0 bridgehead atoms. The van der Waals surface area contributed by atoms with Gasteiger partial charge in [0.05, 0.1) is 10.5 Å². The zero-order valence-electron chi connectivity index (χ0n) is 11.2. The Labute approximate surface area is 112 Å². The van der Waals surface area contributed by atoms with E-state index < -0.39 is 16.0 Å². The fraction of sp³-hybridized carbons (Fsp3) is 0.462. The Balaban J connectivity index is 2.57. The van der Waals surface area contributed by atoms with Gasteiger partial charge in [-0.3, -0.25) is 0 Å². The molecule has 0 heterocycles. The minimum absolute atomic E-state index is 0.00544. The molecule has 19 heavy (non-hydrogen) atoms. The van der Waals surface area contributed by atoms with Crippen LogP contribution in [0.5, 0.6) is 0 Å². The van der Waals surface area contributed by atoms with E-state index in [1.807, 2.05) is 0 Å². The standard InChI is InChI=1S/C13H17NO4S/c1-8-6-10(13(15)16)7-12(9(8)2)19(17,18)14(3)11-4-5-11/h6-7,11H,4-5H2,1-3H3,(H,15,16). The lowest BCUT2D eigenvalue weighted by Crippen LogP contribution is -2.29. The van der Waals surface area contributed by atoms with E-state index in [9.17, 15) is 13.2 Å². The van der Waals surface area contributed by atoms with Gasteiger partial charge in [-0.1, -0.05) is 0 Å². The first kappa shape index (κ1) is 14.0. The van der Waals surface area contributed by atoms with Crippen molar-refractivity contribution in [2.75, 3.05) is 7.05 Å². The van der Waals surface area contributed by atoms with E-state index in [0.29, 0.717) is 11.1 Å². The number of rotatable bonds is 4. The molecule has 1 aliphatic carbocycles. The number of benzene rings is 1. The van der Waals surface area contributed by atoms with Crippen molar-refractivity contribution in [1.29, 1.82) is 0 Å². The van der Waals surface area contributed by atoms with Gasteiger partial charge in [0, 0.05) is 13.1 Å². The topological polar surface area (TPSA) is 74.7 Å². The molecule has 0 amide bonds. The summed E-state index contributed by atoms with van der Waals surface area (Å²) in [6.07, 6.45) is 1.73. The van der Waals surface area contributed by atoms with E-state index in [2.05, 4.69) is 0 Å². The largest absolute Gasteiger partial charge is 0.478 e. The van der Waals surface area contributed by atoms with E-state index in [4.69, 9.17) is 5.11 Å². The smallest absolute Gasteiger partial charge is 0.335 e. The minimum Gasteiger partial charge on any atom is -0.478 e. The van der Waals surface area contributed by atoms with Crippen molar-refractivity contribution in [3.63, 3.8) is 0 Å². The summed E-state index contributed by atoms with van der Waals surface area (Å²) in [6.45, 7) is 3.42. The Bertz CT molecular complexity index is 632. The highest BCUT2D eigenvalue weighted by molar-refractivity contribution is 7.89. The Kier molecular flexibility index (Phi) is 3.40. The Morgan fingerprint density at radius 2 is 1.89 bits per heavy atom. The van der Waals surface area contributed by atoms with E-state index in [-0.39, 0.29) is 16.5 Å². The lowest BCUT2D eigenvalue weighted by molar-refractivity contribution is 0.0696. The highest BCUT2D eigenvalue weighted by atomic mass is 32.2. The predicted molar refractivity (Wildman–Crippen MR) is 70.8 cm³/mol. The predicted octanol–water partition coefficient (Wildman–Crippen LogP) is 1.78.